The predicted molar refractivity (Wildman–Crippen MR) is 91.0 cm³/mol. The molecule has 2 aromatic rings. The van der Waals surface area contributed by atoms with Crippen molar-refractivity contribution in [2.45, 2.75) is 6.92 Å². The van der Waals surface area contributed by atoms with Gasteiger partial charge in [-0.05, 0) is 54.0 Å². The summed E-state index contributed by atoms with van der Waals surface area (Å²) in [5.74, 6) is -0.766. The van der Waals surface area contributed by atoms with Gasteiger partial charge in [-0.25, -0.2) is 9.59 Å². The lowest BCUT2D eigenvalue weighted by Crippen LogP contribution is -2.02. The van der Waals surface area contributed by atoms with Crippen LogP contribution in [0.3, 0.4) is 0 Å². The molecule has 0 atom stereocenters. The van der Waals surface area contributed by atoms with E-state index in [1.165, 1.54) is 7.11 Å². The molecule has 0 saturated heterocycles. The Morgan fingerprint density at radius 2 is 1.62 bits per heavy atom. The van der Waals surface area contributed by atoms with Crippen LogP contribution < -0.4 is 4.74 Å². The highest BCUT2D eigenvalue weighted by atomic mass is 16.5. The molecule has 0 amide bonds. The van der Waals surface area contributed by atoms with E-state index in [1.807, 2.05) is 6.92 Å². The third-order valence-electron chi connectivity index (χ3n) is 3.58. The molecule has 5 heteroatoms. The minimum Gasteiger partial charge on any atom is -0.496 e. The molecule has 0 saturated carbocycles. The molecule has 0 spiro atoms. The SMILES string of the molecule is COC(=O)c1ccc(/C=C(\C(=O)O)c2ccc(OC)c(C)c2)cc1. The zero-order valence-corrected chi connectivity index (χ0v) is 13.7. The van der Waals surface area contributed by atoms with Crippen LogP contribution in [-0.2, 0) is 9.53 Å². The Morgan fingerprint density at radius 3 is 2.12 bits per heavy atom. The van der Waals surface area contributed by atoms with Crippen LogP contribution in [-0.4, -0.2) is 31.3 Å². The number of carbonyl (C=O) groups is 2. The molecule has 1 N–H and O–H groups in total. The molecular formula is C19H18O5. The van der Waals surface area contributed by atoms with Gasteiger partial charge in [0.15, 0.2) is 0 Å². The van der Waals surface area contributed by atoms with Crippen molar-refractivity contribution < 1.29 is 24.2 Å². The zero-order chi connectivity index (χ0) is 17.7. The summed E-state index contributed by atoms with van der Waals surface area (Å²) in [7, 11) is 2.88. The molecule has 0 aliphatic rings. The molecule has 124 valence electrons. The third-order valence-corrected chi connectivity index (χ3v) is 3.58. The molecule has 0 unspecified atom stereocenters. The van der Waals surface area contributed by atoms with Crippen LogP contribution in [0.25, 0.3) is 11.6 Å². The largest absolute Gasteiger partial charge is 0.496 e. The maximum Gasteiger partial charge on any atom is 0.337 e. The zero-order valence-electron chi connectivity index (χ0n) is 13.7. The molecule has 0 aromatic heterocycles. The van der Waals surface area contributed by atoms with Crippen LogP contribution >= 0.6 is 0 Å². The van der Waals surface area contributed by atoms with E-state index in [2.05, 4.69) is 4.74 Å². The summed E-state index contributed by atoms with van der Waals surface area (Å²) in [5, 5.41) is 9.51. The molecule has 0 bridgehead atoms. The lowest BCUT2D eigenvalue weighted by Gasteiger charge is -2.08. The van der Waals surface area contributed by atoms with E-state index in [9.17, 15) is 14.7 Å². The lowest BCUT2D eigenvalue weighted by molar-refractivity contribution is -0.130. The predicted octanol–water partition coefficient (Wildman–Crippen LogP) is 3.42. The second-order valence-corrected chi connectivity index (χ2v) is 5.16. The molecule has 2 aromatic carbocycles. The molecule has 0 aliphatic carbocycles. The fourth-order valence-electron chi connectivity index (χ4n) is 2.31. The van der Waals surface area contributed by atoms with Crippen molar-refractivity contribution in [1.29, 1.82) is 0 Å². The molecule has 5 nitrogen and oxygen atoms in total. The van der Waals surface area contributed by atoms with Crippen molar-refractivity contribution in [2.24, 2.45) is 0 Å². The Kier molecular flexibility index (Phi) is 5.37. The first-order valence-electron chi connectivity index (χ1n) is 7.24. The molecule has 24 heavy (non-hydrogen) atoms. The summed E-state index contributed by atoms with van der Waals surface area (Å²) in [6.45, 7) is 1.85. The van der Waals surface area contributed by atoms with Crippen LogP contribution in [0, 0.1) is 6.92 Å². The Hall–Kier alpha value is -3.08. The minimum atomic E-state index is -1.03. The number of methoxy groups -OCH3 is 2. The van der Waals surface area contributed by atoms with Crippen molar-refractivity contribution in [3.63, 3.8) is 0 Å². The summed E-state index contributed by atoms with van der Waals surface area (Å²) in [4.78, 5) is 23.0. The van der Waals surface area contributed by atoms with E-state index >= 15 is 0 Å². The number of esters is 1. The van der Waals surface area contributed by atoms with E-state index in [0.717, 1.165) is 5.56 Å². The highest BCUT2D eigenvalue weighted by Gasteiger charge is 2.12. The summed E-state index contributed by atoms with van der Waals surface area (Å²) in [6, 6.07) is 11.7. The number of hydrogen-bond donors (Lipinski definition) is 1. The van der Waals surface area contributed by atoms with Gasteiger partial charge in [-0.15, -0.1) is 0 Å². The first-order valence-corrected chi connectivity index (χ1v) is 7.24. The first-order chi connectivity index (χ1) is 11.5. The van der Waals surface area contributed by atoms with Gasteiger partial charge >= 0.3 is 11.9 Å². The van der Waals surface area contributed by atoms with Gasteiger partial charge in [-0.1, -0.05) is 18.2 Å². The number of aryl methyl sites for hydroxylation is 1. The smallest absolute Gasteiger partial charge is 0.337 e. The van der Waals surface area contributed by atoms with Crippen LogP contribution in [0.2, 0.25) is 0 Å². The number of carboxylic acids is 1. The van der Waals surface area contributed by atoms with Crippen LogP contribution in [0.5, 0.6) is 5.75 Å². The lowest BCUT2D eigenvalue weighted by atomic mass is 10.00. The molecule has 0 fully saturated rings. The molecule has 0 aliphatic heterocycles. The molecular weight excluding hydrogens is 308 g/mol. The quantitative estimate of drug-likeness (QED) is 0.518. The minimum absolute atomic E-state index is 0.159. The maximum atomic E-state index is 11.6. The van der Waals surface area contributed by atoms with E-state index < -0.39 is 11.9 Å². The fourth-order valence-corrected chi connectivity index (χ4v) is 2.31. The Morgan fingerprint density at radius 1 is 1.00 bits per heavy atom. The van der Waals surface area contributed by atoms with Gasteiger partial charge in [-0.2, -0.15) is 0 Å². The second-order valence-electron chi connectivity index (χ2n) is 5.16. The van der Waals surface area contributed by atoms with Crippen LogP contribution in [0.1, 0.15) is 27.0 Å². The van der Waals surface area contributed by atoms with Gasteiger partial charge in [0.2, 0.25) is 0 Å². The maximum absolute atomic E-state index is 11.6. The van der Waals surface area contributed by atoms with Gasteiger partial charge in [-0.3, -0.25) is 0 Å². The number of carbonyl (C=O) groups excluding carboxylic acids is 1. The number of benzene rings is 2. The number of carboxylic acid groups (broad SMARTS) is 1. The van der Waals surface area contributed by atoms with Crippen molar-refractivity contribution >= 4 is 23.6 Å². The topological polar surface area (TPSA) is 72.8 Å². The monoisotopic (exact) mass is 326 g/mol. The van der Waals surface area contributed by atoms with E-state index in [1.54, 1.807) is 55.7 Å². The summed E-state index contributed by atoms with van der Waals surface area (Å²) < 4.78 is 9.83. The summed E-state index contributed by atoms with van der Waals surface area (Å²) in [6.07, 6.45) is 1.56. The summed E-state index contributed by atoms with van der Waals surface area (Å²) >= 11 is 0. The highest BCUT2D eigenvalue weighted by molar-refractivity contribution is 6.20. The normalized spacial score (nSPS) is 11.0. The van der Waals surface area contributed by atoms with E-state index in [4.69, 9.17) is 4.74 Å². The first kappa shape index (κ1) is 17.3. The van der Waals surface area contributed by atoms with E-state index in [-0.39, 0.29) is 5.57 Å². The third kappa shape index (κ3) is 3.81. The Bertz CT molecular complexity index is 788. The number of rotatable bonds is 5. The van der Waals surface area contributed by atoms with Crippen LogP contribution in [0.4, 0.5) is 0 Å². The van der Waals surface area contributed by atoms with Crippen molar-refractivity contribution in [1.82, 2.24) is 0 Å². The van der Waals surface area contributed by atoms with Gasteiger partial charge in [0.25, 0.3) is 0 Å². The number of hydrogen-bond acceptors (Lipinski definition) is 4. The average molecular weight is 326 g/mol. The van der Waals surface area contributed by atoms with Crippen molar-refractivity contribution in [3.8, 4) is 5.75 Å². The standard InChI is InChI=1S/C19H18O5/c1-12-10-15(8-9-17(12)23-2)16(18(20)21)11-13-4-6-14(7-5-13)19(22)24-3/h4-11H,1-3H3,(H,20,21)/b16-11-. The van der Waals surface area contributed by atoms with E-state index in [0.29, 0.717) is 22.4 Å². The second kappa shape index (κ2) is 7.46. The Balaban J connectivity index is 2.40. The molecule has 2 rings (SSSR count). The number of aliphatic carboxylic acids is 1. The van der Waals surface area contributed by atoms with Crippen LogP contribution in [0.15, 0.2) is 42.5 Å². The van der Waals surface area contributed by atoms with Gasteiger partial charge in [0.1, 0.15) is 5.75 Å². The fraction of sp³-hybridized carbons (Fsp3) is 0.158. The van der Waals surface area contributed by atoms with Crippen molar-refractivity contribution in [2.75, 3.05) is 14.2 Å². The average Bonchev–Trinajstić information content (AvgIpc) is 2.59. The van der Waals surface area contributed by atoms with Crippen molar-refractivity contribution in [3.05, 3.63) is 64.7 Å². The summed E-state index contributed by atoms with van der Waals surface area (Å²) in [5.41, 5.74) is 2.67. The van der Waals surface area contributed by atoms with Gasteiger partial charge in [0, 0.05) is 0 Å². The van der Waals surface area contributed by atoms with Gasteiger partial charge < -0.3 is 14.6 Å². The number of ether oxygens (including phenoxy) is 2. The highest BCUT2D eigenvalue weighted by Crippen LogP contribution is 2.25. The molecule has 0 radical (unpaired) electrons. The molecule has 0 heterocycles. The van der Waals surface area contributed by atoms with Gasteiger partial charge in [0.05, 0.1) is 25.4 Å². The Labute approximate surface area is 140 Å².